The van der Waals surface area contributed by atoms with Crippen molar-refractivity contribution in [2.24, 2.45) is 11.8 Å². The average molecular weight is 413 g/mol. The quantitative estimate of drug-likeness (QED) is 0.744. The van der Waals surface area contributed by atoms with Gasteiger partial charge in [0, 0.05) is 45.0 Å². The summed E-state index contributed by atoms with van der Waals surface area (Å²) in [5, 5.41) is 5.84. The first-order valence-corrected chi connectivity index (χ1v) is 11.6. The number of halogens is 1. The molecule has 0 spiro atoms. The van der Waals surface area contributed by atoms with Gasteiger partial charge in [-0.15, -0.1) is 0 Å². The largest absolute Gasteiger partial charge is 0.371 e. The van der Waals surface area contributed by atoms with Gasteiger partial charge in [0.05, 0.1) is 6.26 Å². The zero-order valence-electron chi connectivity index (χ0n) is 16.2. The Labute approximate surface area is 166 Å². The Morgan fingerprint density at radius 1 is 1.04 bits per heavy atom. The fraction of sp³-hybridized carbons (Fsp3) is 0.632. The van der Waals surface area contributed by atoms with Crippen LogP contribution in [0, 0.1) is 17.7 Å². The maximum absolute atomic E-state index is 13.0. The molecule has 0 aliphatic carbocycles. The average Bonchev–Trinajstić information content (AvgIpc) is 3.14. The van der Waals surface area contributed by atoms with E-state index in [9.17, 15) is 17.6 Å². The van der Waals surface area contributed by atoms with E-state index in [0.717, 1.165) is 38.0 Å². The molecule has 156 valence electrons. The number of sulfonamides is 1. The van der Waals surface area contributed by atoms with E-state index in [-0.39, 0.29) is 11.8 Å². The van der Waals surface area contributed by atoms with Crippen molar-refractivity contribution >= 4 is 21.7 Å². The lowest BCUT2D eigenvalue weighted by Crippen LogP contribution is -2.44. The molecule has 2 fully saturated rings. The monoisotopic (exact) mass is 412 g/mol. The van der Waals surface area contributed by atoms with Crippen molar-refractivity contribution in [2.45, 2.75) is 19.3 Å². The maximum atomic E-state index is 13.0. The van der Waals surface area contributed by atoms with Gasteiger partial charge in [-0.25, -0.2) is 21.9 Å². The number of rotatable bonds is 6. The molecule has 2 heterocycles. The molecule has 0 saturated carbocycles. The first-order chi connectivity index (χ1) is 13.3. The highest BCUT2D eigenvalue weighted by Crippen LogP contribution is 2.23. The fourth-order valence-electron chi connectivity index (χ4n) is 3.87. The number of urea groups is 1. The number of benzene rings is 1. The van der Waals surface area contributed by atoms with Crippen LogP contribution in [0.25, 0.3) is 0 Å². The number of hydrogen-bond acceptors (Lipinski definition) is 4. The zero-order chi connectivity index (χ0) is 20.1. The fourth-order valence-corrected chi connectivity index (χ4v) is 4.74. The summed E-state index contributed by atoms with van der Waals surface area (Å²) in [7, 11) is -3.11. The highest BCUT2D eigenvalue weighted by atomic mass is 32.2. The summed E-state index contributed by atoms with van der Waals surface area (Å²) in [6.07, 6.45) is 3.76. The molecule has 3 rings (SSSR count). The number of carbonyl (C=O) groups is 1. The molecule has 2 aliphatic rings. The molecule has 0 bridgehead atoms. The molecule has 28 heavy (non-hydrogen) atoms. The standard InChI is InChI=1S/C19H29FN4O3S/c1-28(26,27)24-10-7-15(8-11-24)12-21-19(25)22-13-16-6-9-23(14-16)18-4-2-17(20)3-5-18/h2-5,15-16H,6-14H2,1H3,(H2,21,22,25). The van der Waals surface area contributed by atoms with Crippen molar-refractivity contribution in [3.05, 3.63) is 30.1 Å². The normalized spacial score (nSPS) is 21.6. The number of anilines is 1. The highest BCUT2D eigenvalue weighted by Gasteiger charge is 2.26. The SMILES string of the molecule is CS(=O)(=O)N1CCC(CNC(=O)NCC2CCN(c3ccc(F)cc3)C2)CC1. The van der Waals surface area contributed by atoms with Crippen LogP contribution in [0.15, 0.2) is 24.3 Å². The second-order valence-electron chi connectivity index (χ2n) is 7.77. The minimum absolute atomic E-state index is 0.175. The van der Waals surface area contributed by atoms with Gasteiger partial charge in [0.1, 0.15) is 5.82 Å². The van der Waals surface area contributed by atoms with E-state index in [1.54, 1.807) is 12.1 Å². The van der Waals surface area contributed by atoms with Crippen LogP contribution in [0.5, 0.6) is 0 Å². The van der Waals surface area contributed by atoms with Crippen LogP contribution in [0.2, 0.25) is 0 Å². The molecule has 2 aliphatic heterocycles. The van der Waals surface area contributed by atoms with Gasteiger partial charge in [-0.2, -0.15) is 0 Å². The van der Waals surface area contributed by atoms with E-state index in [1.165, 1.54) is 22.7 Å². The predicted molar refractivity (Wildman–Crippen MR) is 107 cm³/mol. The molecule has 0 aromatic heterocycles. The van der Waals surface area contributed by atoms with Gasteiger partial charge < -0.3 is 15.5 Å². The molecule has 1 aromatic rings. The van der Waals surface area contributed by atoms with Crippen LogP contribution >= 0.6 is 0 Å². The molecule has 2 N–H and O–H groups in total. The summed E-state index contributed by atoms with van der Waals surface area (Å²) in [5.41, 5.74) is 1.01. The molecule has 1 unspecified atom stereocenters. The Hall–Kier alpha value is -1.87. The van der Waals surface area contributed by atoms with Crippen molar-refractivity contribution < 1.29 is 17.6 Å². The van der Waals surface area contributed by atoms with Crippen LogP contribution < -0.4 is 15.5 Å². The van der Waals surface area contributed by atoms with E-state index < -0.39 is 10.0 Å². The van der Waals surface area contributed by atoms with Gasteiger partial charge in [-0.1, -0.05) is 0 Å². The van der Waals surface area contributed by atoms with Crippen molar-refractivity contribution in [1.29, 1.82) is 0 Å². The third-order valence-corrected chi connectivity index (χ3v) is 6.93. The van der Waals surface area contributed by atoms with Gasteiger partial charge in [-0.05, 0) is 55.4 Å². The summed E-state index contributed by atoms with van der Waals surface area (Å²) >= 11 is 0. The van der Waals surface area contributed by atoms with E-state index in [4.69, 9.17) is 0 Å². The number of hydrogen-bond donors (Lipinski definition) is 2. The predicted octanol–water partition coefficient (Wildman–Crippen LogP) is 1.62. The van der Waals surface area contributed by atoms with Gasteiger partial charge in [0.15, 0.2) is 0 Å². The van der Waals surface area contributed by atoms with E-state index in [1.807, 2.05) is 0 Å². The van der Waals surface area contributed by atoms with Crippen molar-refractivity contribution in [3.63, 3.8) is 0 Å². The van der Waals surface area contributed by atoms with Gasteiger partial charge in [0.25, 0.3) is 0 Å². The van der Waals surface area contributed by atoms with E-state index in [2.05, 4.69) is 15.5 Å². The van der Waals surface area contributed by atoms with Crippen LogP contribution in [0.4, 0.5) is 14.9 Å². The number of nitrogens with one attached hydrogen (secondary N) is 2. The molecule has 2 saturated heterocycles. The van der Waals surface area contributed by atoms with Gasteiger partial charge >= 0.3 is 6.03 Å². The summed E-state index contributed by atoms with van der Waals surface area (Å²) in [6, 6.07) is 6.33. The van der Waals surface area contributed by atoms with Crippen LogP contribution in [-0.2, 0) is 10.0 Å². The Bertz CT molecular complexity index is 764. The summed E-state index contributed by atoms with van der Waals surface area (Å²) in [4.78, 5) is 14.3. The molecule has 1 atom stereocenters. The van der Waals surface area contributed by atoms with Crippen LogP contribution in [0.1, 0.15) is 19.3 Å². The first-order valence-electron chi connectivity index (χ1n) is 9.78. The molecular weight excluding hydrogens is 383 g/mol. The third-order valence-electron chi connectivity index (χ3n) is 5.62. The molecule has 9 heteroatoms. The van der Waals surface area contributed by atoms with Crippen molar-refractivity contribution in [2.75, 3.05) is 50.4 Å². The lowest BCUT2D eigenvalue weighted by atomic mass is 9.98. The molecule has 1 aromatic carbocycles. The Balaban J connectivity index is 1.32. The van der Waals surface area contributed by atoms with E-state index >= 15 is 0 Å². The highest BCUT2D eigenvalue weighted by molar-refractivity contribution is 7.88. The molecule has 7 nitrogen and oxygen atoms in total. The third kappa shape index (κ3) is 5.81. The number of piperidine rings is 1. The van der Waals surface area contributed by atoms with Gasteiger partial charge in [-0.3, -0.25) is 0 Å². The van der Waals surface area contributed by atoms with Crippen LogP contribution in [-0.4, -0.2) is 64.3 Å². The zero-order valence-corrected chi connectivity index (χ0v) is 17.0. The Morgan fingerprint density at radius 2 is 1.61 bits per heavy atom. The summed E-state index contributed by atoms with van der Waals surface area (Å²) < 4.78 is 37.6. The first kappa shape index (κ1) is 20.9. The number of carbonyl (C=O) groups excluding carboxylic acids is 1. The second-order valence-corrected chi connectivity index (χ2v) is 9.76. The smallest absolute Gasteiger partial charge is 0.314 e. The lowest BCUT2D eigenvalue weighted by molar-refractivity contribution is 0.230. The molecule has 2 amide bonds. The minimum atomic E-state index is -3.11. The number of amides is 2. The van der Waals surface area contributed by atoms with Gasteiger partial charge in [0.2, 0.25) is 10.0 Å². The van der Waals surface area contributed by atoms with Crippen molar-refractivity contribution in [1.82, 2.24) is 14.9 Å². The second kappa shape index (κ2) is 9.09. The maximum Gasteiger partial charge on any atom is 0.314 e. The van der Waals surface area contributed by atoms with E-state index in [0.29, 0.717) is 38.0 Å². The summed E-state index contributed by atoms with van der Waals surface area (Å²) in [6.45, 7) is 3.96. The topological polar surface area (TPSA) is 81.8 Å². The minimum Gasteiger partial charge on any atom is -0.371 e. The lowest BCUT2D eigenvalue weighted by Gasteiger charge is -2.30. The number of nitrogens with zero attached hydrogens (tertiary/aromatic N) is 2. The molecule has 0 radical (unpaired) electrons. The Kier molecular flexibility index (Phi) is 6.77. The summed E-state index contributed by atoms with van der Waals surface area (Å²) in [5.74, 6) is 0.442. The Morgan fingerprint density at radius 3 is 2.21 bits per heavy atom. The molecular formula is C19H29FN4O3S. The van der Waals surface area contributed by atoms with Crippen LogP contribution in [0.3, 0.4) is 0 Å². The van der Waals surface area contributed by atoms with Crippen molar-refractivity contribution in [3.8, 4) is 0 Å².